The summed E-state index contributed by atoms with van der Waals surface area (Å²) < 4.78 is 0. The molecule has 16 heavy (non-hydrogen) atoms. The van der Waals surface area contributed by atoms with E-state index in [1.54, 1.807) is 0 Å². The van der Waals surface area contributed by atoms with Gasteiger partial charge in [-0.05, 0) is 51.4 Å². The van der Waals surface area contributed by atoms with Crippen molar-refractivity contribution in [2.24, 2.45) is 0 Å². The lowest BCUT2D eigenvalue weighted by molar-refractivity contribution is 0.118. The molecule has 96 valence electrons. The second kappa shape index (κ2) is 8.04. The Morgan fingerprint density at radius 2 is 0.688 bits per heavy atom. The van der Waals surface area contributed by atoms with Crippen molar-refractivity contribution in [2.45, 2.75) is 82.5 Å². The van der Waals surface area contributed by atoms with Crippen molar-refractivity contribution < 1.29 is 15.3 Å². The molecule has 0 aromatic rings. The highest BCUT2D eigenvalue weighted by Gasteiger charge is 2.11. The van der Waals surface area contributed by atoms with Gasteiger partial charge in [0, 0.05) is 0 Å². The highest BCUT2D eigenvalue weighted by atomic mass is 16.3. The van der Waals surface area contributed by atoms with Crippen molar-refractivity contribution in [3.63, 3.8) is 0 Å². The number of hydrogen-bond acceptors (Lipinski definition) is 3. The summed E-state index contributed by atoms with van der Waals surface area (Å²) in [4.78, 5) is 0. The molecule has 0 amide bonds. The monoisotopic (exact) mass is 230 g/mol. The van der Waals surface area contributed by atoms with Crippen molar-refractivity contribution in [1.82, 2.24) is 0 Å². The third kappa shape index (κ3) is 6.46. The average Bonchev–Trinajstić information content (AvgIpc) is 2.24. The molecule has 0 spiro atoms. The fraction of sp³-hybridized carbons (Fsp3) is 1.00. The molecule has 0 aromatic heterocycles. The van der Waals surface area contributed by atoms with E-state index >= 15 is 0 Å². The molecule has 1 fully saturated rings. The Balaban J connectivity index is 2.30. The highest BCUT2D eigenvalue weighted by Crippen LogP contribution is 2.17. The van der Waals surface area contributed by atoms with Crippen LogP contribution >= 0.6 is 0 Å². The molecule has 2 unspecified atom stereocenters. The molecule has 2 atom stereocenters. The van der Waals surface area contributed by atoms with Crippen LogP contribution in [0.2, 0.25) is 0 Å². The lowest BCUT2D eigenvalue weighted by Crippen LogP contribution is -2.10. The van der Waals surface area contributed by atoms with Crippen molar-refractivity contribution in [3.8, 4) is 0 Å². The standard InChI is InChI=1S/C13H26O3/c14-11-5-1-2-6-12(15)8-4-10-13(16)9-3-7-11/h11-16H,1-10H2. The van der Waals surface area contributed by atoms with E-state index in [4.69, 9.17) is 0 Å². The summed E-state index contributed by atoms with van der Waals surface area (Å²) in [5.41, 5.74) is 0. The highest BCUT2D eigenvalue weighted by molar-refractivity contribution is 4.65. The zero-order valence-electron chi connectivity index (χ0n) is 10.1. The van der Waals surface area contributed by atoms with Gasteiger partial charge in [-0.3, -0.25) is 0 Å². The molecule has 1 rings (SSSR count). The third-order valence-corrected chi connectivity index (χ3v) is 3.47. The molecule has 3 heteroatoms. The Kier molecular flexibility index (Phi) is 7.01. The molecule has 1 saturated carbocycles. The Labute approximate surface area is 98.5 Å². The molecular formula is C13H26O3. The molecular weight excluding hydrogens is 204 g/mol. The van der Waals surface area contributed by atoms with Crippen LogP contribution in [0.5, 0.6) is 0 Å². The second-order valence-electron chi connectivity index (χ2n) is 5.11. The summed E-state index contributed by atoms with van der Waals surface area (Å²) >= 11 is 0. The minimum absolute atomic E-state index is 0.218. The maximum Gasteiger partial charge on any atom is 0.0540 e. The van der Waals surface area contributed by atoms with Crippen molar-refractivity contribution >= 4 is 0 Å². The second-order valence-corrected chi connectivity index (χ2v) is 5.11. The normalized spacial score (nSPS) is 35.8. The maximum atomic E-state index is 9.67. The summed E-state index contributed by atoms with van der Waals surface area (Å²) in [6.45, 7) is 0. The van der Waals surface area contributed by atoms with Crippen LogP contribution in [-0.4, -0.2) is 33.6 Å². The molecule has 1 aliphatic carbocycles. The predicted molar refractivity (Wildman–Crippen MR) is 64.2 cm³/mol. The topological polar surface area (TPSA) is 60.7 Å². The predicted octanol–water partition coefficient (Wildman–Crippen LogP) is 1.98. The van der Waals surface area contributed by atoms with Gasteiger partial charge in [0.1, 0.15) is 0 Å². The van der Waals surface area contributed by atoms with Gasteiger partial charge in [-0.15, -0.1) is 0 Å². The molecule has 0 saturated heterocycles. The van der Waals surface area contributed by atoms with Gasteiger partial charge in [0.25, 0.3) is 0 Å². The smallest absolute Gasteiger partial charge is 0.0540 e. The first-order valence-electron chi connectivity index (χ1n) is 6.72. The number of aliphatic hydroxyl groups excluding tert-OH is 3. The summed E-state index contributed by atoms with van der Waals surface area (Å²) in [7, 11) is 0. The van der Waals surface area contributed by atoms with Crippen LogP contribution in [0, 0.1) is 0 Å². The van der Waals surface area contributed by atoms with E-state index < -0.39 is 0 Å². The van der Waals surface area contributed by atoms with Crippen LogP contribution in [0.3, 0.4) is 0 Å². The van der Waals surface area contributed by atoms with E-state index in [0.717, 1.165) is 64.2 Å². The van der Waals surface area contributed by atoms with Crippen LogP contribution in [-0.2, 0) is 0 Å². The van der Waals surface area contributed by atoms with E-state index in [2.05, 4.69) is 0 Å². The fourth-order valence-electron chi connectivity index (χ4n) is 2.37. The fourth-order valence-corrected chi connectivity index (χ4v) is 2.37. The third-order valence-electron chi connectivity index (χ3n) is 3.47. The van der Waals surface area contributed by atoms with Gasteiger partial charge < -0.3 is 15.3 Å². The van der Waals surface area contributed by atoms with Crippen molar-refractivity contribution in [3.05, 3.63) is 0 Å². The van der Waals surface area contributed by atoms with Gasteiger partial charge in [0.05, 0.1) is 18.3 Å². The molecule has 1 aliphatic rings. The van der Waals surface area contributed by atoms with Gasteiger partial charge in [-0.25, -0.2) is 0 Å². The molecule has 3 nitrogen and oxygen atoms in total. The van der Waals surface area contributed by atoms with Crippen LogP contribution in [0.15, 0.2) is 0 Å². The Morgan fingerprint density at radius 3 is 1.00 bits per heavy atom. The summed E-state index contributed by atoms with van der Waals surface area (Å²) in [6.07, 6.45) is 7.98. The largest absolute Gasteiger partial charge is 0.393 e. The SMILES string of the molecule is OC1CCCCC(O)CCCC(O)CCC1. The molecule has 0 heterocycles. The number of aliphatic hydroxyl groups is 3. The van der Waals surface area contributed by atoms with Crippen LogP contribution < -0.4 is 0 Å². The molecule has 0 aliphatic heterocycles. The quantitative estimate of drug-likeness (QED) is 0.596. The van der Waals surface area contributed by atoms with E-state index in [1.165, 1.54) is 0 Å². The molecule has 0 bridgehead atoms. The lowest BCUT2D eigenvalue weighted by atomic mass is 10.0. The van der Waals surface area contributed by atoms with Crippen LogP contribution in [0.1, 0.15) is 64.2 Å². The first-order valence-corrected chi connectivity index (χ1v) is 6.72. The first kappa shape index (κ1) is 13.9. The minimum Gasteiger partial charge on any atom is -0.393 e. The van der Waals surface area contributed by atoms with Crippen LogP contribution in [0.25, 0.3) is 0 Å². The Morgan fingerprint density at radius 1 is 0.438 bits per heavy atom. The van der Waals surface area contributed by atoms with Gasteiger partial charge in [0.15, 0.2) is 0 Å². The molecule has 0 radical (unpaired) electrons. The minimum atomic E-state index is -0.250. The molecule has 3 N–H and O–H groups in total. The number of hydrogen-bond donors (Lipinski definition) is 3. The van der Waals surface area contributed by atoms with Crippen molar-refractivity contribution in [2.75, 3.05) is 0 Å². The molecule has 0 aromatic carbocycles. The Bertz CT molecular complexity index is 155. The average molecular weight is 230 g/mol. The van der Waals surface area contributed by atoms with Crippen LogP contribution in [0.4, 0.5) is 0 Å². The maximum absolute atomic E-state index is 9.67. The van der Waals surface area contributed by atoms with E-state index in [9.17, 15) is 15.3 Å². The zero-order chi connectivity index (χ0) is 11.8. The van der Waals surface area contributed by atoms with Gasteiger partial charge in [-0.2, -0.15) is 0 Å². The summed E-state index contributed by atoms with van der Waals surface area (Å²) in [5, 5.41) is 29.0. The van der Waals surface area contributed by atoms with Crippen molar-refractivity contribution in [1.29, 1.82) is 0 Å². The van der Waals surface area contributed by atoms with Gasteiger partial charge in [0.2, 0.25) is 0 Å². The van der Waals surface area contributed by atoms with Gasteiger partial charge in [-0.1, -0.05) is 12.8 Å². The van der Waals surface area contributed by atoms with E-state index in [0.29, 0.717) is 0 Å². The van der Waals surface area contributed by atoms with Gasteiger partial charge >= 0.3 is 0 Å². The zero-order valence-corrected chi connectivity index (χ0v) is 10.1. The summed E-state index contributed by atoms with van der Waals surface area (Å²) in [5.74, 6) is 0. The lowest BCUT2D eigenvalue weighted by Gasteiger charge is -2.12. The summed E-state index contributed by atoms with van der Waals surface area (Å²) in [6, 6.07) is 0. The van der Waals surface area contributed by atoms with E-state index in [-0.39, 0.29) is 18.3 Å². The Hall–Kier alpha value is -0.120. The number of rotatable bonds is 0. The first-order chi connectivity index (χ1) is 7.68. The van der Waals surface area contributed by atoms with E-state index in [1.807, 2.05) is 0 Å².